The molecule has 0 aliphatic carbocycles. The zero-order valence-electron chi connectivity index (χ0n) is 9.39. The Morgan fingerprint density at radius 1 is 1.19 bits per heavy atom. The lowest BCUT2D eigenvalue weighted by atomic mass is 10.0. The quantitative estimate of drug-likeness (QED) is 0.741. The third-order valence-corrected chi connectivity index (χ3v) is 3.70. The SMILES string of the molecule is OC1Cc2ccccc2N1C1CCNCC1. The zero-order valence-corrected chi connectivity index (χ0v) is 9.39. The van der Waals surface area contributed by atoms with Crippen molar-refractivity contribution >= 4 is 5.69 Å². The Labute approximate surface area is 96.1 Å². The molecule has 0 saturated carbocycles. The largest absolute Gasteiger partial charge is 0.373 e. The Hall–Kier alpha value is -1.06. The highest BCUT2D eigenvalue weighted by Crippen LogP contribution is 2.34. The Balaban J connectivity index is 1.89. The summed E-state index contributed by atoms with van der Waals surface area (Å²) < 4.78 is 0. The molecule has 1 atom stereocenters. The molecule has 0 spiro atoms. The molecular weight excluding hydrogens is 200 g/mol. The average molecular weight is 218 g/mol. The Bertz CT molecular complexity index is 374. The van der Waals surface area contributed by atoms with Crippen LogP contribution < -0.4 is 10.2 Å². The molecule has 3 heteroatoms. The van der Waals surface area contributed by atoms with Gasteiger partial charge in [-0.1, -0.05) is 18.2 Å². The average Bonchev–Trinajstić information content (AvgIpc) is 2.66. The third-order valence-electron chi connectivity index (χ3n) is 3.70. The van der Waals surface area contributed by atoms with Crippen molar-refractivity contribution in [2.75, 3.05) is 18.0 Å². The minimum atomic E-state index is -0.319. The number of rotatable bonds is 1. The number of piperidine rings is 1. The smallest absolute Gasteiger partial charge is 0.131 e. The van der Waals surface area contributed by atoms with Crippen LogP contribution in [0.4, 0.5) is 5.69 Å². The van der Waals surface area contributed by atoms with E-state index < -0.39 is 0 Å². The highest BCUT2D eigenvalue weighted by molar-refractivity contribution is 5.59. The molecular formula is C13H18N2O. The molecule has 16 heavy (non-hydrogen) atoms. The van der Waals surface area contributed by atoms with Gasteiger partial charge in [0, 0.05) is 18.2 Å². The van der Waals surface area contributed by atoms with Crippen LogP contribution in [0.1, 0.15) is 18.4 Å². The molecule has 1 aromatic rings. The standard InChI is InChI=1S/C13H18N2O/c16-13-9-10-3-1-2-4-12(10)15(13)11-5-7-14-8-6-11/h1-4,11,13-14,16H,5-9H2. The van der Waals surface area contributed by atoms with Gasteiger partial charge in [0.15, 0.2) is 0 Å². The van der Waals surface area contributed by atoms with Crippen LogP contribution in [-0.4, -0.2) is 30.5 Å². The first kappa shape index (κ1) is 10.1. The van der Waals surface area contributed by atoms with Gasteiger partial charge in [0.2, 0.25) is 0 Å². The molecule has 2 aliphatic rings. The van der Waals surface area contributed by atoms with E-state index in [1.54, 1.807) is 0 Å². The van der Waals surface area contributed by atoms with E-state index in [0.29, 0.717) is 6.04 Å². The first-order chi connectivity index (χ1) is 7.86. The third kappa shape index (κ3) is 1.60. The number of hydrogen-bond donors (Lipinski definition) is 2. The molecule has 1 fully saturated rings. The van der Waals surface area contributed by atoms with Gasteiger partial charge in [0.05, 0.1) is 0 Å². The van der Waals surface area contributed by atoms with Gasteiger partial charge in [-0.05, 0) is 37.6 Å². The van der Waals surface area contributed by atoms with Crippen molar-refractivity contribution in [3.63, 3.8) is 0 Å². The number of aliphatic hydroxyl groups is 1. The van der Waals surface area contributed by atoms with Crippen LogP contribution >= 0.6 is 0 Å². The van der Waals surface area contributed by atoms with Crippen molar-refractivity contribution in [1.29, 1.82) is 0 Å². The fourth-order valence-corrected chi connectivity index (χ4v) is 2.92. The number of nitrogens with one attached hydrogen (secondary N) is 1. The van der Waals surface area contributed by atoms with Gasteiger partial charge in [0.1, 0.15) is 6.23 Å². The second-order valence-corrected chi connectivity index (χ2v) is 4.70. The first-order valence-corrected chi connectivity index (χ1v) is 6.11. The van der Waals surface area contributed by atoms with Gasteiger partial charge in [-0.25, -0.2) is 0 Å². The van der Waals surface area contributed by atoms with Crippen molar-refractivity contribution in [1.82, 2.24) is 5.32 Å². The fourth-order valence-electron chi connectivity index (χ4n) is 2.92. The number of anilines is 1. The van der Waals surface area contributed by atoms with Gasteiger partial charge in [-0.15, -0.1) is 0 Å². The number of aliphatic hydroxyl groups excluding tert-OH is 1. The maximum atomic E-state index is 10.2. The zero-order chi connectivity index (χ0) is 11.0. The summed E-state index contributed by atoms with van der Waals surface area (Å²) >= 11 is 0. The van der Waals surface area contributed by atoms with E-state index in [1.165, 1.54) is 11.3 Å². The number of benzene rings is 1. The van der Waals surface area contributed by atoms with E-state index in [0.717, 1.165) is 32.4 Å². The lowest BCUT2D eigenvalue weighted by Gasteiger charge is -2.36. The number of nitrogens with zero attached hydrogens (tertiary/aromatic N) is 1. The summed E-state index contributed by atoms with van der Waals surface area (Å²) in [6.07, 6.45) is 2.72. The van der Waals surface area contributed by atoms with Crippen LogP contribution in [-0.2, 0) is 6.42 Å². The summed E-state index contributed by atoms with van der Waals surface area (Å²) in [5, 5.41) is 13.5. The van der Waals surface area contributed by atoms with E-state index in [2.05, 4.69) is 34.5 Å². The summed E-state index contributed by atoms with van der Waals surface area (Å²) in [5.41, 5.74) is 2.52. The number of hydrogen-bond acceptors (Lipinski definition) is 3. The predicted octanol–water partition coefficient (Wildman–Crippen LogP) is 1.12. The molecule has 86 valence electrons. The lowest BCUT2D eigenvalue weighted by Crippen LogP contribution is -2.46. The van der Waals surface area contributed by atoms with Crippen molar-refractivity contribution in [3.05, 3.63) is 29.8 Å². The normalized spacial score (nSPS) is 25.8. The lowest BCUT2D eigenvalue weighted by molar-refractivity contribution is 0.162. The molecule has 2 N–H and O–H groups in total. The molecule has 3 rings (SSSR count). The second-order valence-electron chi connectivity index (χ2n) is 4.70. The first-order valence-electron chi connectivity index (χ1n) is 6.11. The van der Waals surface area contributed by atoms with Crippen LogP contribution in [0.5, 0.6) is 0 Å². The Morgan fingerprint density at radius 2 is 1.94 bits per heavy atom. The summed E-state index contributed by atoms with van der Waals surface area (Å²) in [4.78, 5) is 2.22. The van der Waals surface area contributed by atoms with E-state index in [1.807, 2.05) is 0 Å². The van der Waals surface area contributed by atoms with Crippen LogP contribution in [0.25, 0.3) is 0 Å². The van der Waals surface area contributed by atoms with Gasteiger partial charge < -0.3 is 15.3 Å². The monoisotopic (exact) mass is 218 g/mol. The molecule has 1 saturated heterocycles. The number of fused-ring (bicyclic) bond motifs is 1. The Morgan fingerprint density at radius 3 is 2.75 bits per heavy atom. The maximum Gasteiger partial charge on any atom is 0.131 e. The van der Waals surface area contributed by atoms with E-state index in [-0.39, 0.29) is 6.23 Å². The highest BCUT2D eigenvalue weighted by atomic mass is 16.3. The van der Waals surface area contributed by atoms with E-state index in [9.17, 15) is 5.11 Å². The fraction of sp³-hybridized carbons (Fsp3) is 0.538. The molecule has 0 aromatic heterocycles. The molecule has 2 aliphatic heterocycles. The molecule has 2 heterocycles. The molecule has 1 unspecified atom stereocenters. The van der Waals surface area contributed by atoms with Crippen LogP contribution in [0.3, 0.4) is 0 Å². The van der Waals surface area contributed by atoms with Crippen LogP contribution in [0.2, 0.25) is 0 Å². The van der Waals surface area contributed by atoms with E-state index >= 15 is 0 Å². The molecule has 0 radical (unpaired) electrons. The summed E-state index contributed by atoms with van der Waals surface area (Å²) in [6, 6.07) is 8.87. The van der Waals surface area contributed by atoms with Gasteiger partial charge >= 0.3 is 0 Å². The predicted molar refractivity (Wildman–Crippen MR) is 64.5 cm³/mol. The van der Waals surface area contributed by atoms with Crippen molar-refractivity contribution < 1.29 is 5.11 Å². The molecule has 1 aromatic carbocycles. The minimum absolute atomic E-state index is 0.319. The van der Waals surface area contributed by atoms with Crippen molar-refractivity contribution in [3.8, 4) is 0 Å². The van der Waals surface area contributed by atoms with Crippen molar-refractivity contribution in [2.45, 2.75) is 31.5 Å². The summed E-state index contributed by atoms with van der Waals surface area (Å²) in [6.45, 7) is 2.13. The van der Waals surface area contributed by atoms with Gasteiger partial charge in [-0.2, -0.15) is 0 Å². The summed E-state index contributed by atoms with van der Waals surface area (Å²) in [7, 11) is 0. The van der Waals surface area contributed by atoms with Crippen molar-refractivity contribution in [2.24, 2.45) is 0 Å². The number of para-hydroxylation sites is 1. The van der Waals surface area contributed by atoms with E-state index in [4.69, 9.17) is 0 Å². The topological polar surface area (TPSA) is 35.5 Å². The molecule has 0 bridgehead atoms. The van der Waals surface area contributed by atoms with Crippen LogP contribution in [0, 0.1) is 0 Å². The van der Waals surface area contributed by atoms with Gasteiger partial charge in [-0.3, -0.25) is 0 Å². The van der Waals surface area contributed by atoms with Crippen LogP contribution in [0.15, 0.2) is 24.3 Å². The van der Waals surface area contributed by atoms with Gasteiger partial charge in [0.25, 0.3) is 0 Å². The molecule has 3 nitrogen and oxygen atoms in total. The minimum Gasteiger partial charge on any atom is -0.373 e. The molecule has 0 amide bonds. The second kappa shape index (κ2) is 4.07. The highest BCUT2D eigenvalue weighted by Gasteiger charge is 2.33. The maximum absolute atomic E-state index is 10.2. The summed E-state index contributed by atoms with van der Waals surface area (Å²) in [5.74, 6) is 0. The Kier molecular flexibility index (Phi) is 2.58.